The molecule has 0 radical (unpaired) electrons. The number of hydrogen-bond donors (Lipinski definition) is 1. The van der Waals surface area contributed by atoms with Gasteiger partial charge in [-0.1, -0.05) is 86.0 Å². The number of carbonyl (C=O) groups is 2. The second kappa shape index (κ2) is 13.4. The van der Waals surface area contributed by atoms with Crippen molar-refractivity contribution in [2.75, 3.05) is 7.11 Å². The van der Waals surface area contributed by atoms with E-state index in [4.69, 9.17) is 14.5 Å². The first kappa shape index (κ1) is 31.7. The van der Waals surface area contributed by atoms with Gasteiger partial charge in [0.1, 0.15) is 34.9 Å². The third kappa shape index (κ3) is 5.56. The standard InChI is InChI=1S/C43H39N3O4/c1-49-36-20-19-35(38-39(36)46-42(45-38)37(30-13-7-3-8-14-30)31-15-9-4-10-16-31)43(26-28-21-23-44-24-22-28)40(47)33-18-17-32(25-34(33)41(43)48)50-27-29-11-5-2-6-12-29/h2-3,5-8,11-14,17-25,31,37H,4,9-10,15-16,26-27H2,1H3,(H,45,46). The van der Waals surface area contributed by atoms with Crippen molar-refractivity contribution in [1.29, 1.82) is 0 Å². The van der Waals surface area contributed by atoms with E-state index in [2.05, 4.69) is 34.2 Å². The number of pyridine rings is 1. The van der Waals surface area contributed by atoms with Crippen LogP contribution in [0.5, 0.6) is 11.5 Å². The molecule has 250 valence electrons. The summed E-state index contributed by atoms with van der Waals surface area (Å²) in [4.78, 5) is 43.0. The minimum absolute atomic E-state index is 0.0362. The number of nitrogens with zero attached hydrogens (tertiary/aromatic N) is 2. The first-order chi connectivity index (χ1) is 24.6. The summed E-state index contributed by atoms with van der Waals surface area (Å²) in [7, 11) is 1.63. The topological polar surface area (TPSA) is 94.2 Å². The second-order valence-electron chi connectivity index (χ2n) is 13.5. The smallest absolute Gasteiger partial charge is 0.182 e. The molecular weight excluding hydrogens is 622 g/mol. The number of methoxy groups -OCH3 is 1. The van der Waals surface area contributed by atoms with Crippen LogP contribution in [-0.2, 0) is 18.4 Å². The summed E-state index contributed by atoms with van der Waals surface area (Å²) in [5.74, 6) is 1.92. The lowest BCUT2D eigenvalue weighted by atomic mass is 9.71. The van der Waals surface area contributed by atoms with Gasteiger partial charge in [-0.05, 0) is 78.3 Å². The quantitative estimate of drug-likeness (QED) is 0.148. The number of ether oxygens (including phenoxy) is 2. The summed E-state index contributed by atoms with van der Waals surface area (Å²) in [5, 5.41) is 0. The molecule has 0 saturated heterocycles. The van der Waals surface area contributed by atoms with Crippen molar-refractivity contribution in [3.8, 4) is 11.5 Å². The van der Waals surface area contributed by atoms with E-state index in [0.717, 1.165) is 29.8 Å². The zero-order valence-electron chi connectivity index (χ0n) is 28.1. The predicted octanol–water partition coefficient (Wildman–Crippen LogP) is 8.82. The van der Waals surface area contributed by atoms with E-state index in [9.17, 15) is 4.79 Å². The van der Waals surface area contributed by atoms with E-state index < -0.39 is 5.41 Å². The summed E-state index contributed by atoms with van der Waals surface area (Å²) in [5.41, 5.74) is 4.14. The molecule has 0 amide bonds. The fourth-order valence-electron chi connectivity index (χ4n) is 8.14. The van der Waals surface area contributed by atoms with Crippen LogP contribution < -0.4 is 9.47 Å². The van der Waals surface area contributed by atoms with Gasteiger partial charge in [-0.2, -0.15) is 0 Å². The Bertz CT molecular complexity index is 2160. The maximum absolute atomic E-state index is 15.0. The van der Waals surface area contributed by atoms with Crippen LogP contribution in [0.3, 0.4) is 0 Å². The molecule has 2 aliphatic rings. The zero-order valence-corrected chi connectivity index (χ0v) is 28.1. The van der Waals surface area contributed by atoms with Gasteiger partial charge in [0.05, 0.1) is 12.6 Å². The van der Waals surface area contributed by atoms with Crippen molar-refractivity contribution >= 4 is 22.6 Å². The maximum atomic E-state index is 15.0. The number of rotatable bonds is 10. The Kier molecular flexibility index (Phi) is 8.49. The number of fused-ring (bicyclic) bond motifs is 2. The maximum Gasteiger partial charge on any atom is 0.182 e. The molecule has 7 nitrogen and oxygen atoms in total. The van der Waals surface area contributed by atoms with E-state index in [1.807, 2.05) is 60.7 Å². The fourth-order valence-corrected chi connectivity index (χ4v) is 8.14. The molecule has 1 fully saturated rings. The SMILES string of the molecule is COc1ccc(C2(Cc3ccncc3)C(=O)c3ccc(OCc4ccccc4)cc3C2=O)c2[nH]c(C(c3ccccc3)C3CCCCC3)nc12. The van der Waals surface area contributed by atoms with Crippen LogP contribution in [0.2, 0.25) is 0 Å². The molecule has 0 spiro atoms. The Labute approximate surface area is 291 Å². The molecule has 2 aromatic heterocycles. The Hall–Kier alpha value is -5.56. The number of imidazole rings is 1. The first-order valence-corrected chi connectivity index (χ1v) is 17.5. The van der Waals surface area contributed by atoms with E-state index in [1.54, 1.807) is 37.7 Å². The number of hydrogen-bond acceptors (Lipinski definition) is 6. The van der Waals surface area contributed by atoms with Gasteiger partial charge in [-0.25, -0.2) is 4.98 Å². The molecule has 6 aromatic rings. The molecule has 0 aliphatic heterocycles. The summed E-state index contributed by atoms with van der Waals surface area (Å²) in [6.45, 7) is 0.351. The Morgan fingerprint density at radius 1 is 0.800 bits per heavy atom. The van der Waals surface area contributed by atoms with Crippen LogP contribution in [0.1, 0.15) is 86.8 Å². The number of H-pyrrole nitrogens is 1. The number of benzene rings is 4. The summed E-state index contributed by atoms with van der Waals surface area (Å²) < 4.78 is 12.0. The molecule has 1 N–H and O–H groups in total. The fraction of sp³-hybridized carbons (Fsp3) is 0.256. The molecule has 2 atom stereocenters. The Morgan fingerprint density at radius 2 is 1.52 bits per heavy atom. The number of aromatic amines is 1. The summed E-state index contributed by atoms with van der Waals surface area (Å²) in [6, 6.07) is 33.1. The molecule has 0 bridgehead atoms. The van der Waals surface area contributed by atoms with Gasteiger partial charge in [0, 0.05) is 35.0 Å². The van der Waals surface area contributed by atoms with Crippen molar-refractivity contribution in [2.24, 2.45) is 5.92 Å². The molecule has 50 heavy (non-hydrogen) atoms. The van der Waals surface area contributed by atoms with E-state index in [0.29, 0.717) is 51.7 Å². The first-order valence-electron chi connectivity index (χ1n) is 17.5. The highest BCUT2D eigenvalue weighted by Gasteiger charge is 2.55. The molecule has 1 saturated carbocycles. The summed E-state index contributed by atoms with van der Waals surface area (Å²) in [6.07, 6.45) is 9.43. The normalized spacial score (nSPS) is 18.3. The number of aromatic nitrogens is 3. The van der Waals surface area contributed by atoms with Gasteiger partial charge in [-0.3, -0.25) is 14.6 Å². The highest BCUT2D eigenvalue weighted by atomic mass is 16.5. The van der Waals surface area contributed by atoms with E-state index in [1.165, 1.54) is 24.8 Å². The number of Topliss-reactive ketones (excluding diaryl/α,β-unsaturated/α-hetero) is 2. The molecule has 7 heteroatoms. The van der Waals surface area contributed by atoms with Crippen molar-refractivity contribution in [2.45, 2.75) is 56.5 Å². The molecule has 2 aliphatic carbocycles. The largest absolute Gasteiger partial charge is 0.494 e. The predicted molar refractivity (Wildman–Crippen MR) is 193 cm³/mol. The van der Waals surface area contributed by atoms with Gasteiger partial charge < -0.3 is 14.5 Å². The van der Waals surface area contributed by atoms with Crippen molar-refractivity contribution < 1.29 is 19.1 Å². The van der Waals surface area contributed by atoms with Gasteiger partial charge in [0.15, 0.2) is 11.6 Å². The lowest BCUT2D eigenvalue weighted by Gasteiger charge is -2.29. The third-order valence-corrected chi connectivity index (χ3v) is 10.6. The number of ketones is 2. The van der Waals surface area contributed by atoms with Crippen molar-refractivity contribution in [3.05, 3.63) is 155 Å². The van der Waals surface area contributed by atoms with Crippen molar-refractivity contribution in [1.82, 2.24) is 15.0 Å². The minimum atomic E-state index is -1.54. The molecule has 2 unspecified atom stereocenters. The van der Waals surface area contributed by atoms with Gasteiger partial charge >= 0.3 is 0 Å². The lowest BCUT2D eigenvalue weighted by molar-refractivity contribution is 0.0794. The Morgan fingerprint density at radius 3 is 2.26 bits per heavy atom. The van der Waals surface area contributed by atoms with E-state index in [-0.39, 0.29) is 23.9 Å². The van der Waals surface area contributed by atoms with Crippen LogP contribution in [0, 0.1) is 5.92 Å². The Balaban J connectivity index is 1.28. The summed E-state index contributed by atoms with van der Waals surface area (Å²) >= 11 is 0. The average molecular weight is 662 g/mol. The van der Waals surface area contributed by atoms with Gasteiger partial charge in [0.2, 0.25) is 0 Å². The van der Waals surface area contributed by atoms with Crippen LogP contribution in [-0.4, -0.2) is 33.6 Å². The molecule has 2 heterocycles. The molecule has 8 rings (SSSR count). The molecule has 4 aromatic carbocycles. The highest BCUT2D eigenvalue weighted by Crippen LogP contribution is 2.48. The van der Waals surface area contributed by atoms with Crippen molar-refractivity contribution in [3.63, 3.8) is 0 Å². The number of carbonyl (C=O) groups excluding carboxylic acids is 2. The minimum Gasteiger partial charge on any atom is -0.494 e. The average Bonchev–Trinajstić information content (AvgIpc) is 3.69. The molecular formula is C43H39N3O4. The lowest BCUT2D eigenvalue weighted by Crippen LogP contribution is -2.41. The van der Waals surface area contributed by atoms with Crippen LogP contribution in [0.15, 0.2) is 116 Å². The zero-order chi connectivity index (χ0) is 34.1. The van der Waals surface area contributed by atoms with E-state index >= 15 is 4.79 Å². The van der Waals surface area contributed by atoms with Crippen LogP contribution in [0.25, 0.3) is 11.0 Å². The van der Waals surface area contributed by atoms with Crippen LogP contribution >= 0.6 is 0 Å². The monoisotopic (exact) mass is 661 g/mol. The van der Waals surface area contributed by atoms with Gasteiger partial charge in [0.25, 0.3) is 0 Å². The van der Waals surface area contributed by atoms with Gasteiger partial charge in [-0.15, -0.1) is 0 Å². The number of nitrogens with one attached hydrogen (secondary N) is 1. The van der Waals surface area contributed by atoms with Crippen LogP contribution in [0.4, 0.5) is 0 Å². The second-order valence-corrected chi connectivity index (χ2v) is 13.5. The third-order valence-electron chi connectivity index (χ3n) is 10.6. The highest BCUT2D eigenvalue weighted by molar-refractivity contribution is 6.34.